The standard InChI is InChI=1S/C12H11F5N2S/c1-12(2)3-4-20-11(19-12)18-10-8(16)6(14)5(13)7(15)9(10)17/h3-4H2,1-2H3,(H,18,19). The van der Waals surface area contributed by atoms with Crippen LogP contribution in [0.5, 0.6) is 0 Å². The molecular formula is C12H11F5N2S. The number of amidine groups is 1. The van der Waals surface area contributed by atoms with Gasteiger partial charge in [0.25, 0.3) is 0 Å². The summed E-state index contributed by atoms with van der Waals surface area (Å²) in [4.78, 5) is 4.17. The van der Waals surface area contributed by atoms with Gasteiger partial charge in [0, 0.05) is 5.75 Å². The van der Waals surface area contributed by atoms with Crippen LogP contribution >= 0.6 is 11.8 Å². The second-order valence-electron chi connectivity index (χ2n) is 4.90. The minimum Gasteiger partial charge on any atom is -0.330 e. The molecule has 0 aromatic heterocycles. The monoisotopic (exact) mass is 310 g/mol. The van der Waals surface area contributed by atoms with Gasteiger partial charge in [-0.2, -0.15) is 0 Å². The minimum absolute atomic E-state index is 0.129. The zero-order valence-corrected chi connectivity index (χ0v) is 11.5. The average Bonchev–Trinajstić information content (AvgIpc) is 2.38. The first-order valence-corrected chi connectivity index (χ1v) is 6.72. The van der Waals surface area contributed by atoms with Crippen LogP contribution in [-0.2, 0) is 0 Å². The predicted molar refractivity (Wildman–Crippen MR) is 68.4 cm³/mol. The predicted octanol–water partition coefficient (Wildman–Crippen LogP) is 4.07. The molecule has 2 rings (SSSR count). The van der Waals surface area contributed by atoms with Crippen molar-refractivity contribution in [2.24, 2.45) is 4.99 Å². The average molecular weight is 310 g/mol. The summed E-state index contributed by atoms with van der Waals surface area (Å²) in [5.74, 6) is -9.29. The lowest BCUT2D eigenvalue weighted by Gasteiger charge is -2.26. The molecule has 1 N–H and O–H groups in total. The first-order valence-electron chi connectivity index (χ1n) is 5.74. The van der Waals surface area contributed by atoms with Gasteiger partial charge in [0.15, 0.2) is 28.4 Å². The highest BCUT2D eigenvalue weighted by molar-refractivity contribution is 8.14. The summed E-state index contributed by atoms with van der Waals surface area (Å²) in [6.45, 7) is 3.62. The first-order chi connectivity index (χ1) is 9.23. The Hall–Kier alpha value is -1.31. The van der Waals surface area contributed by atoms with Crippen molar-refractivity contribution >= 4 is 22.6 Å². The Morgan fingerprint density at radius 1 is 0.950 bits per heavy atom. The third kappa shape index (κ3) is 2.74. The lowest BCUT2D eigenvalue weighted by Crippen LogP contribution is -2.28. The maximum Gasteiger partial charge on any atom is 0.200 e. The molecule has 0 aliphatic carbocycles. The normalized spacial score (nSPS) is 17.9. The lowest BCUT2D eigenvalue weighted by molar-refractivity contribution is 0.382. The highest BCUT2D eigenvalue weighted by Gasteiger charge is 2.28. The minimum atomic E-state index is -2.18. The van der Waals surface area contributed by atoms with Crippen molar-refractivity contribution in [1.29, 1.82) is 0 Å². The zero-order valence-electron chi connectivity index (χ0n) is 10.7. The Labute approximate surface area is 116 Å². The summed E-state index contributed by atoms with van der Waals surface area (Å²) in [5.41, 5.74) is -1.53. The molecule has 1 aliphatic heterocycles. The maximum atomic E-state index is 13.5. The number of halogens is 5. The number of benzene rings is 1. The SMILES string of the molecule is CC1(C)CCSC(Nc2c(F)c(F)c(F)c(F)c2F)=N1. The third-order valence-electron chi connectivity index (χ3n) is 2.80. The molecule has 2 nitrogen and oxygen atoms in total. The van der Waals surface area contributed by atoms with E-state index in [1.54, 1.807) is 0 Å². The van der Waals surface area contributed by atoms with Crippen LogP contribution in [0, 0.1) is 29.1 Å². The molecule has 0 saturated heterocycles. The highest BCUT2D eigenvalue weighted by atomic mass is 32.2. The molecule has 1 aromatic rings. The van der Waals surface area contributed by atoms with Crippen LogP contribution in [0.4, 0.5) is 27.6 Å². The molecule has 1 aliphatic rings. The quantitative estimate of drug-likeness (QED) is 0.480. The van der Waals surface area contributed by atoms with Crippen molar-refractivity contribution in [3.63, 3.8) is 0 Å². The third-order valence-corrected chi connectivity index (χ3v) is 3.67. The second-order valence-corrected chi connectivity index (χ2v) is 5.98. The first kappa shape index (κ1) is 15.1. The summed E-state index contributed by atoms with van der Waals surface area (Å²) in [7, 11) is 0. The molecule has 0 saturated carbocycles. The van der Waals surface area contributed by atoms with Crippen molar-refractivity contribution in [1.82, 2.24) is 0 Å². The molecule has 20 heavy (non-hydrogen) atoms. The van der Waals surface area contributed by atoms with Crippen LogP contribution in [0.15, 0.2) is 4.99 Å². The fourth-order valence-electron chi connectivity index (χ4n) is 1.65. The van der Waals surface area contributed by atoms with E-state index in [4.69, 9.17) is 0 Å². The molecule has 0 bridgehead atoms. The van der Waals surface area contributed by atoms with Gasteiger partial charge >= 0.3 is 0 Å². The van der Waals surface area contributed by atoms with E-state index < -0.39 is 40.3 Å². The van der Waals surface area contributed by atoms with Crippen molar-refractivity contribution in [3.05, 3.63) is 29.1 Å². The Morgan fingerprint density at radius 2 is 1.45 bits per heavy atom. The Morgan fingerprint density at radius 3 is 1.95 bits per heavy atom. The molecule has 0 atom stereocenters. The maximum absolute atomic E-state index is 13.5. The van der Waals surface area contributed by atoms with Crippen LogP contribution in [0.1, 0.15) is 20.3 Å². The molecular weight excluding hydrogens is 299 g/mol. The van der Waals surface area contributed by atoms with E-state index in [0.717, 1.165) is 18.2 Å². The molecule has 0 fully saturated rings. The van der Waals surface area contributed by atoms with Crippen molar-refractivity contribution in [2.75, 3.05) is 11.1 Å². The van der Waals surface area contributed by atoms with Gasteiger partial charge < -0.3 is 5.32 Å². The fourth-order valence-corrected chi connectivity index (χ4v) is 2.93. The van der Waals surface area contributed by atoms with E-state index in [2.05, 4.69) is 10.3 Å². The number of hydrogen-bond acceptors (Lipinski definition) is 3. The Bertz CT molecular complexity index is 557. The van der Waals surface area contributed by atoms with E-state index in [1.165, 1.54) is 0 Å². The largest absolute Gasteiger partial charge is 0.330 e. The zero-order chi connectivity index (χ0) is 15.1. The molecule has 0 amide bonds. The summed E-state index contributed by atoms with van der Waals surface area (Å²) in [6.07, 6.45) is 0.750. The van der Waals surface area contributed by atoms with Gasteiger partial charge in [-0.15, -0.1) is 0 Å². The van der Waals surface area contributed by atoms with E-state index in [0.29, 0.717) is 5.75 Å². The van der Waals surface area contributed by atoms with Crippen LogP contribution < -0.4 is 5.32 Å². The molecule has 8 heteroatoms. The van der Waals surface area contributed by atoms with Crippen molar-refractivity contribution in [3.8, 4) is 0 Å². The van der Waals surface area contributed by atoms with Crippen LogP contribution in [0.25, 0.3) is 0 Å². The number of anilines is 1. The molecule has 1 heterocycles. The van der Waals surface area contributed by atoms with E-state index in [1.807, 2.05) is 13.8 Å². The number of thioether (sulfide) groups is 1. The number of nitrogens with one attached hydrogen (secondary N) is 1. The Kier molecular flexibility index (Phi) is 3.95. The van der Waals surface area contributed by atoms with Crippen LogP contribution in [0.2, 0.25) is 0 Å². The van der Waals surface area contributed by atoms with E-state index in [9.17, 15) is 22.0 Å². The summed E-state index contributed by atoms with van der Waals surface area (Å²) >= 11 is 1.16. The smallest absolute Gasteiger partial charge is 0.200 e. The number of aliphatic imine (C=N–C) groups is 1. The molecule has 0 spiro atoms. The van der Waals surface area contributed by atoms with Gasteiger partial charge in [0.1, 0.15) is 5.69 Å². The van der Waals surface area contributed by atoms with Gasteiger partial charge in [-0.05, 0) is 20.3 Å². The fraction of sp³-hybridized carbons (Fsp3) is 0.417. The van der Waals surface area contributed by atoms with Crippen LogP contribution in [-0.4, -0.2) is 16.5 Å². The van der Waals surface area contributed by atoms with Gasteiger partial charge in [-0.25, -0.2) is 22.0 Å². The number of rotatable bonds is 1. The topological polar surface area (TPSA) is 24.4 Å². The van der Waals surface area contributed by atoms with Crippen molar-refractivity contribution < 1.29 is 22.0 Å². The molecule has 0 radical (unpaired) electrons. The van der Waals surface area contributed by atoms with Crippen molar-refractivity contribution in [2.45, 2.75) is 25.8 Å². The summed E-state index contributed by atoms with van der Waals surface area (Å²) < 4.78 is 66.0. The summed E-state index contributed by atoms with van der Waals surface area (Å²) in [6, 6.07) is 0. The molecule has 0 unspecified atom stereocenters. The van der Waals surface area contributed by atoms with Gasteiger partial charge in [0.2, 0.25) is 5.82 Å². The highest BCUT2D eigenvalue weighted by Crippen LogP contribution is 2.31. The van der Waals surface area contributed by atoms with Crippen LogP contribution in [0.3, 0.4) is 0 Å². The van der Waals surface area contributed by atoms with Gasteiger partial charge in [0.05, 0.1) is 5.54 Å². The number of hydrogen-bond donors (Lipinski definition) is 1. The van der Waals surface area contributed by atoms with Gasteiger partial charge in [-0.1, -0.05) is 11.8 Å². The van der Waals surface area contributed by atoms with E-state index in [-0.39, 0.29) is 5.17 Å². The molecule has 110 valence electrons. The van der Waals surface area contributed by atoms with E-state index >= 15 is 0 Å². The lowest BCUT2D eigenvalue weighted by atomic mass is 10.0. The Balaban J connectivity index is 2.43. The summed E-state index contributed by atoms with van der Waals surface area (Å²) in [5, 5.41) is 2.33. The number of nitrogens with zero attached hydrogens (tertiary/aromatic N) is 1. The molecule has 1 aromatic carbocycles. The second kappa shape index (κ2) is 5.23. The van der Waals surface area contributed by atoms with Gasteiger partial charge in [-0.3, -0.25) is 4.99 Å².